The van der Waals surface area contributed by atoms with Gasteiger partial charge in [-0.25, -0.2) is 5.43 Å². The Balaban J connectivity index is 1.87. The lowest BCUT2D eigenvalue weighted by atomic mass is 9.95. The topological polar surface area (TPSA) is 70.6 Å². The van der Waals surface area contributed by atoms with E-state index in [0.717, 1.165) is 5.56 Å². The van der Waals surface area contributed by atoms with E-state index in [1.807, 2.05) is 57.2 Å². The molecule has 2 rings (SSSR count). The zero-order chi connectivity index (χ0) is 19.0. The summed E-state index contributed by atoms with van der Waals surface area (Å²) in [5.74, 6) is -0.396. The molecule has 0 radical (unpaired) electrons. The van der Waals surface area contributed by atoms with Crippen LogP contribution in [0, 0.1) is 5.41 Å². The van der Waals surface area contributed by atoms with Gasteiger partial charge in [-0.1, -0.05) is 57.2 Å². The number of nitrogens with one attached hydrogen (secondary N) is 2. The molecule has 0 unspecified atom stereocenters. The molecule has 0 fully saturated rings. The van der Waals surface area contributed by atoms with Crippen LogP contribution in [0.25, 0.3) is 6.08 Å². The summed E-state index contributed by atoms with van der Waals surface area (Å²) in [4.78, 5) is 24.0. The summed E-state index contributed by atoms with van der Waals surface area (Å²) in [5.41, 5.74) is 4.15. The molecule has 0 spiro atoms. The summed E-state index contributed by atoms with van der Waals surface area (Å²) in [6, 6.07) is 16.5. The molecule has 0 bridgehead atoms. The van der Waals surface area contributed by atoms with Crippen molar-refractivity contribution in [1.29, 1.82) is 0 Å². The van der Waals surface area contributed by atoms with Crippen molar-refractivity contribution in [3.8, 4) is 0 Å². The van der Waals surface area contributed by atoms with Crippen LogP contribution in [0.15, 0.2) is 65.8 Å². The molecule has 0 aromatic heterocycles. The second kappa shape index (κ2) is 8.76. The SMILES string of the molecule is CC(C)(C)C(=O)Nc1ccc(C(=O)N/N=C\C=C\c2ccccc2)cc1. The molecule has 2 N–H and O–H groups in total. The molecular formula is C21H23N3O2. The third-order valence-electron chi connectivity index (χ3n) is 3.50. The molecule has 5 heteroatoms. The summed E-state index contributed by atoms with van der Waals surface area (Å²) in [6.07, 6.45) is 5.16. The number of allylic oxidation sites excluding steroid dienone is 1. The minimum absolute atomic E-state index is 0.0792. The van der Waals surface area contributed by atoms with E-state index in [9.17, 15) is 9.59 Å². The first kappa shape index (κ1) is 19.1. The highest BCUT2D eigenvalue weighted by Crippen LogP contribution is 2.17. The highest BCUT2D eigenvalue weighted by molar-refractivity contribution is 5.97. The maximum atomic E-state index is 12.0. The van der Waals surface area contributed by atoms with Gasteiger partial charge in [0.25, 0.3) is 5.91 Å². The summed E-state index contributed by atoms with van der Waals surface area (Å²) >= 11 is 0. The second-order valence-corrected chi connectivity index (χ2v) is 6.77. The predicted octanol–water partition coefficient (Wildman–Crippen LogP) is 4.10. The number of benzene rings is 2. The van der Waals surface area contributed by atoms with Gasteiger partial charge in [-0.2, -0.15) is 5.10 Å². The molecule has 0 heterocycles. The Kier molecular flexibility index (Phi) is 6.44. The number of hydrazone groups is 1. The van der Waals surface area contributed by atoms with Crippen molar-refractivity contribution in [3.05, 3.63) is 71.8 Å². The third-order valence-corrected chi connectivity index (χ3v) is 3.50. The maximum absolute atomic E-state index is 12.0. The van der Waals surface area contributed by atoms with Gasteiger partial charge in [0.15, 0.2) is 0 Å². The average Bonchev–Trinajstić information content (AvgIpc) is 2.62. The Bertz CT molecular complexity index is 801. The zero-order valence-electron chi connectivity index (χ0n) is 15.2. The van der Waals surface area contributed by atoms with Gasteiger partial charge >= 0.3 is 0 Å². The van der Waals surface area contributed by atoms with Crippen molar-refractivity contribution in [2.45, 2.75) is 20.8 Å². The predicted molar refractivity (Wildman–Crippen MR) is 106 cm³/mol. The van der Waals surface area contributed by atoms with Crippen LogP contribution in [0.2, 0.25) is 0 Å². The van der Waals surface area contributed by atoms with Gasteiger partial charge in [-0.15, -0.1) is 0 Å². The molecule has 26 heavy (non-hydrogen) atoms. The van der Waals surface area contributed by atoms with Crippen LogP contribution in [0.1, 0.15) is 36.7 Å². The molecule has 2 aromatic carbocycles. The van der Waals surface area contributed by atoms with Crippen LogP contribution < -0.4 is 10.7 Å². The lowest BCUT2D eigenvalue weighted by molar-refractivity contribution is -0.123. The third kappa shape index (κ3) is 6.02. The quantitative estimate of drug-likeness (QED) is 0.630. The first-order valence-electron chi connectivity index (χ1n) is 8.33. The highest BCUT2D eigenvalue weighted by Gasteiger charge is 2.21. The van der Waals surface area contributed by atoms with Crippen LogP contribution in [0.3, 0.4) is 0 Å². The largest absolute Gasteiger partial charge is 0.326 e. The summed E-state index contributed by atoms with van der Waals surface area (Å²) in [7, 11) is 0. The Labute approximate surface area is 153 Å². The molecule has 5 nitrogen and oxygen atoms in total. The lowest BCUT2D eigenvalue weighted by Gasteiger charge is -2.17. The maximum Gasteiger partial charge on any atom is 0.271 e. The molecule has 0 aliphatic carbocycles. The summed E-state index contributed by atoms with van der Waals surface area (Å²) in [6.45, 7) is 5.52. The second-order valence-electron chi connectivity index (χ2n) is 6.77. The number of rotatable bonds is 5. The van der Waals surface area contributed by atoms with E-state index in [-0.39, 0.29) is 11.8 Å². The molecular weight excluding hydrogens is 326 g/mol. The lowest BCUT2D eigenvalue weighted by Crippen LogP contribution is -2.27. The number of carbonyl (C=O) groups excluding carboxylic acids is 2. The highest BCUT2D eigenvalue weighted by atomic mass is 16.2. The minimum atomic E-state index is -0.474. The Morgan fingerprint density at radius 2 is 1.62 bits per heavy atom. The van der Waals surface area contributed by atoms with Gasteiger partial charge in [0, 0.05) is 22.9 Å². The van der Waals surface area contributed by atoms with Gasteiger partial charge in [0.05, 0.1) is 0 Å². The van der Waals surface area contributed by atoms with E-state index in [1.54, 1.807) is 30.3 Å². The number of carbonyl (C=O) groups is 2. The van der Waals surface area contributed by atoms with Crippen LogP contribution in [0.5, 0.6) is 0 Å². The minimum Gasteiger partial charge on any atom is -0.326 e. The van der Waals surface area contributed by atoms with Crippen molar-refractivity contribution in [2.75, 3.05) is 5.32 Å². The Morgan fingerprint density at radius 3 is 2.23 bits per heavy atom. The molecule has 0 saturated carbocycles. The van der Waals surface area contributed by atoms with E-state index < -0.39 is 5.41 Å². The fourth-order valence-corrected chi connectivity index (χ4v) is 1.95. The van der Waals surface area contributed by atoms with E-state index in [2.05, 4.69) is 15.8 Å². The fourth-order valence-electron chi connectivity index (χ4n) is 1.95. The normalized spacial score (nSPS) is 11.7. The van der Waals surface area contributed by atoms with Gasteiger partial charge in [0.2, 0.25) is 5.91 Å². The summed E-state index contributed by atoms with van der Waals surface area (Å²) in [5, 5.41) is 6.70. The standard InChI is InChI=1S/C21H23N3O2/c1-21(2,3)20(26)23-18-13-11-17(12-14-18)19(25)24-22-15-7-10-16-8-5-4-6-9-16/h4-15H,1-3H3,(H,23,26)(H,24,25)/b10-7+,22-15-. The van der Waals surface area contributed by atoms with Crippen LogP contribution in [-0.4, -0.2) is 18.0 Å². The van der Waals surface area contributed by atoms with Crippen LogP contribution >= 0.6 is 0 Å². The zero-order valence-corrected chi connectivity index (χ0v) is 15.2. The molecule has 2 aromatic rings. The number of amides is 2. The van der Waals surface area contributed by atoms with Crippen molar-refractivity contribution in [3.63, 3.8) is 0 Å². The number of nitrogens with zero attached hydrogens (tertiary/aromatic N) is 1. The van der Waals surface area contributed by atoms with Crippen molar-refractivity contribution in [2.24, 2.45) is 10.5 Å². The van der Waals surface area contributed by atoms with E-state index >= 15 is 0 Å². The summed E-state index contributed by atoms with van der Waals surface area (Å²) < 4.78 is 0. The van der Waals surface area contributed by atoms with Gasteiger partial charge in [-0.05, 0) is 35.9 Å². The van der Waals surface area contributed by atoms with Crippen molar-refractivity contribution < 1.29 is 9.59 Å². The molecule has 134 valence electrons. The molecule has 0 aliphatic rings. The fraction of sp³-hybridized carbons (Fsp3) is 0.190. The number of hydrogen-bond donors (Lipinski definition) is 2. The van der Waals surface area contributed by atoms with E-state index in [1.165, 1.54) is 6.21 Å². The van der Waals surface area contributed by atoms with Gasteiger partial charge < -0.3 is 5.32 Å². The number of hydrogen-bond acceptors (Lipinski definition) is 3. The van der Waals surface area contributed by atoms with Crippen molar-refractivity contribution in [1.82, 2.24) is 5.43 Å². The van der Waals surface area contributed by atoms with E-state index in [0.29, 0.717) is 11.3 Å². The average molecular weight is 349 g/mol. The number of anilines is 1. The van der Waals surface area contributed by atoms with Crippen molar-refractivity contribution >= 4 is 29.8 Å². The molecule has 0 saturated heterocycles. The van der Waals surface area contributed by atoms with E-state index in [4.69, 9.17) is 0 Å². The molecule has 0 atom stereocenters. The first-order chi connectivity index (χ1) is 12.4. The Hall–Kier alpha value is -3.21. The van der Waals surface area contributed by atoms with Gasteiger partial charge in [-0.3, -0.25) is 9.59 Å². The van der Waals surface area contributed by atoms with Crippen LogP contribution in [0.4, 0.5) is 5.69 Å². The first-order valence-corrected chi connectivity index (χ1v) is 8.33. The Morgan fingerprint density at radius 1 is 0.962 bits per heavy atom. The monoisotopic (exact) mass is 349 g/mol. The molecule has 0 aliphatic heterocycles. The smallest absolute Gasteiger partial charge is 0.271 e. The van der Waals surface area contributed by atoms with Crippen LogP contribution in [-0.2, 0) is 4.79 Å². The molecule has 2 amide bonds. The van der Waals surface area contributed by atoms with Gasteiger partial charge in [0.1, 0.15) is 0 Å².